The van der Waals surface area contributed by atoms with Crippen molar-refractivity contribution in [2.75, 3.05) is 0 Å². The van der Waals surface area contributed by atoms with Crippen molar-refractivity contribution < 1.29 is 18.0 Å². The molecule has 0 bridgehead atoms. The number of aliphatic imine (C=N–C) groups is 1. The number of thioether (sulfide) groups is 1. The zero-order valence-corrected chi connectivity index (χ0v) is 19.6. The number of carbonyl (C=O) groups is 1. The Hall–Kier alpha value is -2.83. The second-order valence-corrected chi connectivity index (χ2v) is 10.5. The van der Waals surface area contributed by atoms with Gasteiger partial charge in [-0.05, 0) is 60.9 Å². The third-order valence-electron chi connectivity index (χ3n) is 6.36. The number of nitrogens with one attached hydrogen (secondary N) is 1. The predicted octanol–water partition coefficient (Wildman–Crippen LogP) is 7.01. The van der Waals surface area contributed by atoms with Gasteiger partial charge < -0.3 is 5.32 Å². The molecule has 0 saturated heterocycles. The van der Waals surface area contributed by atoms with E-state index in [2.05, 4.69) is 17.5 Å². The molecule has 2 atom stereocenters. The number of halogens is 3. The van der Waals surface area contributed by atoms with Crippen LogP contribution in [-0.2, 0) is 6.18 Å². The van der Waals surface area contributed by atoms with Crippen molar-refractivity contribution in [1.82, 2.24) is 5.32 Å². The summed E-state index contributed by atoms with van der Waals surface area (Å²) in [6.07, 6.45) is 0.570. The molecule has 3 heterocycles. The van der Waals surface area contributed by atoms with Crippen LogP contribution in [0, 0.1) is 17.2 Å². The Morgan fingerprint density at radius 3 is 2.68 bits per heavy atom. The Morgan fingerprint density at radius 2 is 1.94 bits per heavy atom. The van der Waals surface area contributed by atoms with E-state index in [1.54, 1.807) is 11.3 Å². The van der Waals surface area contributed by atoms with Crippen molar-refractivity contribution in [3.8, 4) is 6.07 Å². The van der Waals surface area contributed by atoms with Crippen molar-refractivity contribution in [2.24, 2.45) is 10.9 Å². The number of nitrogens with zero attached hydrogens (tertiary/aromatic N) is 2. The lowest BCUT2D eigenvalue weighted by Crippen LogP contribution is -2.25. The molecule has 1 aromatic carbocycles. The fraction of sp³-hybridized carbons (Fsp3) is 0.320. The number of carbonyl (C=O) groups excluding carboxylic acids is 1. The maximum Gasteiger partial charge on any atom is 0.416 e. The monoisotopic (exact) mass is 499 g/mol. The number of fused-ring (bicyclic) bond motifs is 1. The Kier molecular flexibility index (Phi) is 6.13. The molecule has 9 heteroatoms. The van der Waals surface area contributed by atoms with Crippen molar-refractivity contribution >= 4 is 34.0 Å². The van der Waals surface area contributed by atoms with Gasteiger partial charge in [0, 0.05) is 22.1 Å². The standard InChI is InChI=1S/C25H20F3N3OS2/c26-25(27,28)15-7-4-6-14(12-15)22(32)31-23-17(13-29)21-20(19-10-5-11-33-19)16-8-2-1-3-9-18(16)30-24(21)34-23/h4-7,10-12,20-21H,1-3,8-9H2,(H,31,32). The van der Waals surface area contributed by atoms with Crippen molar-refractivity contribution in [3.05, 3.63) is 79.7 Å². The summed E-state index contributed by atoms with van der Waals surface area (Å²) >= 11 is 2.89. The number of amides is 1. The fourth-order valence-electron chi connectivity index (χ4n) is 4.81. The molecule has 1 amide bonds. The molecule has 2 unspecified atom stereocenters. The van der Waals surface area contributed by atoms with E-state index in [1.165, 1.54) is 29.5 Å². The minimum absolute atomic E-state index is 0.00860. The first-order valence-electron chi connectivity index (χ1n) is 11.0. The minimum Gasteiger partial charge on any atom is -0.315 e. The molecule has 34 heavy (non-hydrogen) atoms. The normalized spacial score (nSPS) is 22.5. The highest BCUT2D eigenvalue weighted by Gasteiger charge is 2.45. The van der Waals surface area contributed by atoms with Crippen LogP contribution in [0.5, 0.6) is 0 Å². The van der Waals surface area contributed by atoms with Crippen LogP contribution in [-0.4, -0.2) is 11.0 Å². The van der Waals surface area contributed by atoms with Crippen LogP contribution >= 0.6 is 23.1 Å². The molecule has 3 aliphatic rings. The highest BCUT2D eigenvalue weighted by atomic mass is 32.2. The van der Waals surface area contributed by atoms with Gasteiger partial charge in [0.1, 0.15) is 0 Å². The molecule has 1 N–H and O–H groups in total. The van der Waals surface area contributed by atoms with Gasteiger partial charge >= 0.3 is 6.18 Å². The molecule has 174 valence electrons. The summed E-state index contributed by atoms with van der Waals surface area (Å²) in [5.74, 6) is -0.976. The average Bonchev–Trinajstić information content (AvgIpc) is 3.39. The molecule has 0 saturated carbocycles. The summed E-state index contributed by atoms with van der Waals surface area (Å²) in [6, 6.07) is 10.6. The molecular formula is C25H20F3N3OS2. The summed E-state index contributed by atoms with van der Waals surface area (Å²) in [7, 11) is 0. The first-order chi connectivity index (χ1) is 16.4. The molecule has 2 aliphatic heterocycles. The van der Waals surface area contributed by atoms with Gasteiger partial charge in [-0.1, -0.05) is 30.3 Å². The summed E-state index contributed by atoms with van der Waals surface area (Å²) < 4.78 is 39.3. The first-order valence-corrected chi connectivity index (χ1v) is 12.7. The summed E-state index contributed by atoms with van der Waals surface area (Å²) in [5, 5.41) is 15.9. The maximum atomic E-state index is 13.1. The number of rotatable bonds is 3. The van der Waals surface area contributed by atoms with Gasteiger partial charge in [-0.2, -0.15) is 18.4 Å². The number of nitriles is 1. The second-order valence-electron chi connectivity index (χ2n) is 8.44. The van der Waals surface area contributed by atoms with E-state index >= 15 is 0 Å². The van der Waals surface area contributed by atoms with Crippen LogP contribution in [0.1, 0.15) is 58.8 Å². The van der Waals surface area contributed by atoms with Crippen molar-refractivity contribution in [2.45, 2.75) is 44.2 Å². The molecule has 1 aromatic heterocycles. The van der Waals surface area contributed by atoms with Crippen LogP contribution in [0.15, 0.2) is 68.6 Å². The lowest BCUT2D eigenvalue weighted by molar-refractivity contribution is -0.137. The fourth-order valence-corrected chi connectivity index (χ4v) is 6.87. The largest absolute Gasteiger partial charge is 0.416 e. The van der Waals surface area contributed by atoms with E-state index < -0.39 is 17.6 Å². The van der Waals surface area contributed by atoms with Gasteiger partial charge in [-0.15, -0.1) is 11.3 Å². The summed E-state index contributed by atoms with van der Waals surface area (Å²) in [5.41, 5.74) is 1.77. The molecule has 4 nitrogen and oxygen atoms in total. The quantitative estimate of drug-likeness (QED) is 0.494. The Labute approximate surface area is 203 Å². The third-order valence-corrected chi connectivity index (χ3v) is 8.40. The predicted molar refractivity (Wildman–Crippen MR) is 127 cm³/mol. The molecule has 0 fully saturated rings. The molecule has 0 spiro atoms. The van der Waals surface area contributed by atoms with Crippen LogP contribution in [0.4, 0.5) is 13.2 Å². The number of hydrogen-bond donors (Lipinski definition) is 1. The van der Waals surface area contributed by atoms with E-state index in [1.807, 2.05) is 11.4 Å². The SMILES string of the molecule is N#CC1=C(NC(=O)c2cccc(C(F)(F)F)c2)SC2=NC3=C(CCCCC3)C(c3cccs3)C21. The lowest BCUT2D eigenvalue weighted by Gasteiger charge is -2.30. The van der Waals surface area contributed by atoms with Crippen LogP contribution < -0.4 is 5.32 Å². The number of allylic oxidation sites excluding steroid dienone is 3. The van der Waals surface area contributed by atoms with E-state index in [9.17, 15) is 23.2 Å². The average molecular weight is 500 g/mol. The molecule has 5 rings (SSSR count). The maximum absolute atomic E-state index is 13.1. The Balaban J connectivity index is 1.50. The van der Waals surface area contributed by atoms with E-state index in [4.69, 9.17) is 4.99 Å². The highest BCUT2D eigenvalue weighted by Crippen LogP contribution is 2.53. The van der Waals surface area contributed by atoms with Gasteiger partial charge in [0.05, 0.1) is 33.2 Å². The van der Waals surface area contributed by atoms with Gasteiger partial charge in [-0.25, -0.2) is 4.99 Å². The lowest BCUT2D eigenvalue weighted by atomic mass is 9.77. The summed E-state index contributed by atoms with van der Waals surface area (Å²) in [4.78, 5) is 19.0. The number of thiophene rings is 1. The van der Waals surface area contributed by atoms with E-state index in [0.29, 0.717) is 10.6 Å². The zero-order valence-electron chi connectivity index (χ0n) is 18.0. The highest BCUT2D eigenvalue weighted by molar-refractivity contribution is 8.17. The Bertz CT molecular complexity index is 1270. The van der Waals surface area contributed by atoms with Crippen molar-refractivity contribution in [3.63, 3.8) is 0 Å². The van der Waals surface area contributed by atoms with Crippen molar-refractivity contribution in [1.29, 1.82) is 5.26 Å². The van der Waals surface area contributed by atoms with E-state index in [0.717, 1.165) is 59.9 Å². The molecule has 2 aromatic rings. The molecule has 1 aliphatic carbocycles. The van der Waals surface area contributed by atoms with Crippen LogP contribution in [0.3, 0.4) is 0 Å². The Morgan fingerprint density at radius 1 is 1.12 bits per heavy atom. The number of alkyl halides is 3. The summed E-state index contributed by atoms with van der Waals surface area (Å²) in [6.45, 7) is 0. The number of benzene rings is 1. The molecule has 0 radical (unpaired) electrons. The topological polar surface area (TPSA) is 65.2 Å². The second kappa shape index (κ2) is 9.08. The van der Waals surface area contributed by atoms with Crippen LogP contribution in [0.25, 0.3) is 0 Å². The number of hydrogen-bond acceptors (Lipinski definition) is 5. The zero-order chi connectivity index (χ0) is 23.9. The van der Waals surface area contributed by atoms with Gasteiger partial charge in [-0.3, -0.25) is 4.79 Å². The van der Waals surface area contributed by atoms with E-state index in [-0.39, 0.29) is 17.4 Å². The molecular weight excluding hydrogens is 479 g/mol. The minimum atomic E-state index is -4.55. The smallest absolute Gasteiger partial charge is 0.315 e. The third kappa shape index (κ3) is 4.21. The van der Waals surface area contributed by atoms with Gasteiger partial charge in [0.15, 0.2) is 0 Å². The van der Waals surface area contributed by atoms with Gasteiger partial charge in [0.2, 0.25) is 0 Å². The first kappa shape index (κ1) is 22.9. The van der Waals surface area contributed by atoms with Gasteiger partial charge in [0.25, 0.3) is 5.91 Å². The van der Waals surface area contributed by atoms with Crippen LogP contribution in [0.2, 0.25) is 0 Å².